The molecule has 0 aliphatic carbocycles. The van der Waals surface area contributed by atoms with Gasteiger partial charge in [0.15, 0.2) is 0 Å². The number of carbonyl (C=O) groups is 1. The third kappa shape index (κ3) is 4.68. The Kier molecular flexibility index (Phi) is 6.62. The van der Waals surface area contributed by atoms with Crippen LogP contribution in [0.2, 0.25) is 0 Å². The molecule has 0 aromatic heterocycles. The molecule has 4 heteroatoms. The number of hydrogen-bond acceptors (Lipinski definition) is 2. The summed E-state index contributed by atoms with van der Waals surface area (Å²) >= 11 is 3.39. The van der Waals surface area contributed by atoms with Crippen LogP contribution in [0.1, 0.15) is 34.7 Å². The van der Waals surface area contributed by atoms with Crippen LogP contribution in [-0.4, -0.2) is 24.2 Å². The molecule has 22 heavy (non-hydrogen) atoms. The number of carbonyl (C=O) groups excluding carboxylic acids is 1. The number of aliphatic hydroxyl groups excluding tert-OH is 1. The van der Waals surface area contributed by atoms with E-state index in [1.54, 1.807) is 6.07 Å². The number of rotatable bonds is 7. The molecule has 0 saturated heterocycles. The van der Waals surface area contributed by atoms with E-state index in [0.29, 0.717) is 18.5 Å². The van der Waals surface area contributed by atoms with Crippen molar-refractivity contribution in [1.29, 1.82) is 0 Å². The van der Waals surface area contributed by atoms with Crippen molar-refractivity contribution in [1.82, 2.24) is 5.32 Å². The smallest absolute Gasteiger partial charge is 0.252 e. The Morgan fingerprint density at radius 2 is 1.73 bits per heavy atom. The van der Waals surface area contributed by atoms with Gasteiger partial charge in [0.05, 0.1) is 5.56 Å². The van der Waals surface area contributed by atoms with Gasteiger partial charge in [0.25, 0.3) is 5.91 Å². The maximum Gasteiger partial charge on any atom is 0.252 e. The molecule has 0 aliphatic heterocycles. The Morgan fingerprint density at radius 3 is 2.41 bits per heavy atom. The second kappa shape index (κ2) is 8.71. The van der Waals surface area contributed by atoms with E-state index in [0.717, 1.165) is 10.9 Å². The molecule has 1 amide bonds. The van der Waals surface area contributed by atoms with Gasteiger partial charge in [-0.1, -0.05) is 42.5 Å². The van der Waals surface area contributed by atoms with Crippen molar-refractivity contribution in [3.63, 3.8) is 0 Å². The lowest BCUT2D eigenvalue weighted by molar-refractivity contribution is 0.0951. The maximum atomic E-state index is 12.2. The molecule has 0 unspecified atom stereocenters. The van der Waals surface area contributed by atoms with E-state index in [2.05, 4.69) is 33.4 Å². The molecular weight excluding hydrogens is 342 g/mol. The lowest BCUT2D eigenvalue weighted by Gasteiger charge is -2.16. The summed E-state index contributed by atoms with van der Waals surface area (Å²) in [4.78, 5) is 12.2. The van der Waals surface area contributed by atoms with Crippen LogP contribution in [0.4, 0.5) is 0 Å². The Balaban J connectivity index is 1.91. The van der Waals surface area contributed by atoms with Gasteiger partial charge in [0, 0.05) is 17.6 Å². The molecule has 2 rings (SSSR count). The van der Waals surface area contributed by atoms with Crippen molar-refractivity contribution in [2.45, 2.75) is 18.8 Å². The minimum Gasteiger partial charge on any atom is -0.396 e. The summed E-state index contributed by atoms with van der Waals surface area (Å²) in [6.45, 7) is 0.734. The minimum absolute atomic E-state index is 0.0803. The van der Waals surface area contributed by atoms with Gasteiger partial charge in [-0.2, -0.15) is 0 Å². The molecule has 2 N–H and O–H groups in total. The molecule has 2 aromatic rings. The largest absolute Gasteiger partial charge is 0.396 e. The highest BCUT2D eigenvalue weighted by Gasteiger charge is 2.13. The van der Waals surface area contributed by atoms with Crippen molar-refractivity contribution < 1.29 is 9.90 Å². The predicted octanol–water partition coefficient (Wildman–Crippen LogP) is 3.74. The summed E-state index contributed by atoms with van der Waals surface area (Å²) < 4.78 is 0.794. The van der Waals surface area contributed by atoms with Crippen LogP contribution in [0.25, 0.3) is 0 Å². The summed E-state index contributed by atoms with van der Waals surface area (Å²) in [7, 11) is 0. The van der Waals surface area contributed by atoms with Gasteiger partial charge in [0.2, 0.25) is 0 Å². The van der Waals surface area contributed by atoms with E-state index in [1.807, 2.05) is 36.4 Å². The highest BCUT2D eigenvalue weighted by molar-refractivity contribution is 9.10. The topological polar surface area (TPSA) is 49.3 Å². The lowest BCUT2D eigenvalue weighted by atomic mass is 9.93. The SMILES string of the molecule is O=C(NCC[C@@H](CCO)c1ccccc1)c1ccccc1Br. The second-order valence-electron chi connectivity index (χ2n) is 5.14. The Labute approximate surface area is 139 Å². The zero-order valence-corrected chi connectivity index (χ0v) is 13.9. The highest BCUT2D eigenvalue weighted by atomic mass is 79.9. The third-order valence-electron chi connectivity index (χ3n) is 3.65. The molecule has 0 aliphatic rings. The van der Waals surface area contributed by atoms with Crippen LogP contribution in [-0.2, 0) is 0 Å². The van der Waals surface area contributed by atoms with Crippen LogP contribution in [0.5, 0.6) is 0 Å². The molecule has 3 nitrogen and oxygen atoms in total. The summed E-state index contributed by atoms with van der Waals surface area (Å²) in [5.41, 5.74) is 1.84. The number of nitrogens with one attached hydrogen (secondary N) is 1. The minimum atomic E-state index is -0.0803. The van der Waals surface area contributed by atoms with E-state index < -0.39 is 0 Å². The van der Waals surface area contributed by atoms with Crippen molar-refractivity contribution in [2.24, 2.45) is 0 Å². The fourth-order valence-electron chi connectivity index (χ4n) is 2.46. The van der Waals surface area contributed by atoms with Crippen LogP contribution in [0, 0.1) is 0 Å². The van der Waals surface area contributed by atoms with Crippen molar-refractivity contribution >= 4 is 21.8 Å². The molecule has 0 bridgehead atoms. The summed E-state index contributed by atoms with van der Waals surface area (Å²) in [6, 6.07) is 17.5. The molecule has 0 saturated carbocycles. The number of benzene rings is 2. The average molecular weight is 362 g/mol. The zero-order valence-electron chi connectivity index (χ0n) is 12.3. The van der Waals surface area contributed by atoms with Crippen molar-refractivity contribution in [3.05, 3.63) is 70.2 Å². The molecule has 0 heterocycles. The summed E-state index contributed by atoms with van der Waals surface area (Å²) in [6.07, 6.45) is 1.51. The van der Waals surface area contributed by atoms with E-state index >= 15 is 0 Å². The van der Waals surface area contributed by atoms with Gasteiger partial charge in [-0.15, -0.1) is 0 Å². The third-order valence-corrected chi connectivity index (χ3v) is 4.34. The highest BCUT2D eigenvalue weighted by Crippen LogP contribution is 2.22. The first-order valence-electron chi connectivity index (χ1n) is 7.41. The van der Waals surface area contributed by atoms with Gasteiger partial charge in [-0.05, 0) is 52.4 Å². The van der Waals surface area contributed by atoms with Gasteiger partial charge in [0.1, 0.15) is 0 Å². The van der Waals surface area contributed by atoms with Gasteiger partial charge in [-0.3, -0.25) is 4.79 Å². The van der Waals surface area contributed by atoms with E-state index in [9.17, 15) is 9.90 Å². The normalized spacial score (nSPS) is 11.9. The summed E-state index contributed by atoms with van der Waals surface area (Å²) in [5.74, 6) is 0.175. The first kappa shape index (κ1) is 16.7. The van der Waals surface area contributed by atoms with E-state index in [4.69, 9.17) is 0 Å². The van der Waals surface area contributed by atoms with Crippen LogP contribution in [0.15, 0.2) is 59.1 Å². The standard InChI is InChI=1S/C18H20BrNO2/c19-17-9-5-4-8-16(17)18(22)20-12-10-15(11-13-21)14-6-2-1-3-7-14/h1-9,15,21H,10-13H2,(H,20,22)/t15-/m0/s1. The molecule has 116 valence electrons. The Bertz CT molecular complexity index is 601. The summed E-state index contributed by atoms with van der Waals surface area (Å²) in [5, 5.41) is 12.2. The van der Waals surface area contributed by atoms with Crippen molar-refractivity contribution in [3.8, 4) is 0 Å². The van der Waals surface area contributed by atoms with Crippen LogP contribution < -0.4 is 5.32 Å². The lowest BCUT2D eigenvalue weighted by Crippen LogP contribution is -2.26. The van der Waals surface area contributed by atoms with Crippen LogP contribution in [0.3, 0.4) is 0 Å². The maximum absolute atomic E-state index is 12.2. The number of amides is 1. The molecule has 0 fully saturated rings. The van der Waals surface area contributed by atoms with Gasteiger partial charge >= 0.3 is 0 Å². The monoisotopic (exact) mass is 361 g/mol. The zero-order chi connectivity index (χ0) is 15.8. The Morgan fingerprint density at radius 1 is 1.05 bits per heavy atom. The number of halogens is 1. The van der Waals surface area contributed by atoms with Gasteiger partial charge in [-0.25, -0.2) is 0 Å². The van der Waals surface area contributed by atoms with Crippen LogP contribution >= 0.6 is 15.9 Å². The molecule has 0 spiro atoms. The molecular formula is C18H20BrNO2. The average Bonchev–Trinajstić information content (AvgIpc) is 2.55. The quantitative estimate of drug-likeness (QED) is 0.789. The fraction of sp³-hybridized carbons (Fsp3) is 0.278. The fourth-order valence-corrected chi connectivity index (χ4v) is 2.92. The van der Waals surface area contributed by atoms with Gasteiger partial charge < -0.3 is 10.4 Å². The first-order valence-corrected chi connectivity index (χ1v) is 8.20. The molecule has 0 radical (unpaired) electrons. The number of aliphatic hydroxyl groups is 1. The first-order chi connectivity index (χ1) is 10.7. The van der Waals surface area contributed by atoms with E-state index in [-0.39, 0.29) is 18.4 Å². The van der Waals surface area contributed by atoms with E-state index in [1.165, 1.54) is 5.56 Å². The Hall–Kier alpha value is -1.65. The molecule has 2 aromatic carbocycles. The molecule has 1 atom stereocenters. The predicted molar refractivity (Wildman–Crippen MR) is 92.0 cm³/mol. The second-order valence-corrected chi connectivity index (χ2v) is 6.00. The number of hydrogen-bond donors (Lipinski definition) is 2. The van der Waals surface area contributed by atoms with Crippen molar-refractivity contribution in [2.75, 3.05) is 13.2 Å².